The molecule has 6 heteroatoms. The zero-order valence-electron chi connectivity index (χ0n) is 29.1. The lowest BCUT2D eigenvalue weighted by Crippen LogP contribution is -2.75. The van der Waals surface area contributed by atoms with Crippen LogP contribution in [0.4, 0.5) is 0 Å². The zero-order valence-corrected chi connectivity index (χ0v) is 29.1. The van der Waals surface area contributed by atoms with E-state index in [4.69, 9.17) is 18.8 Å². The number of carbonyl (C=O) groups excluding carboxylic acids is 1. The second-order valence-corrected chi connectivity index (χ2v) is 17.6. The topological polar surface area (TPSA) is 54.0 Å². The maximum Gasteiger partial charge on any atom is 0.498 e. The van der Waals surface area contributed by atoms with E-state index in [1.165, 1.54) is 0 Å². The fourth-order valence-corrected chi connectivity index (χ4v) is 7.78. The lowest BCUT2D eigenvalue weighted by molar-refractivity contribution is -0.257. The monoisotopic (exact) mass is 558 g/mol. The summed E-state index contributed by atoms with van der Waals surface area (Å²) >= 11 is 0. The number of carbonyl (C=O) groups is 1. The third kappa shape index (κ3) is 5.86. The van der Waals surface area contributed by atoms with E-state index in [-0.39, 0.29) is 27.6 Å². The summed E-state index contributed by atoms with van der Waals surface area (Å²) in [6.07, 6.45) is 0.513. The largest absolute Gasteiger partial charge is 0.498 e. The van der Waals surface area contributed by atoms with Crippen molar-refractivity contribution in [2.75, 3.05) is 7.11 Å². The third-order valence-electron chi connectivity index (χ3n) is 8.43. The van der Waals surface area contributed by atoms with Crippen LogP contribution in [0.15, 0.2) is 18.2 Å². The molecule has 0 bridgehead atoms. The molecular weight excluding hydrogens is 499 g/mol. The van der Waals surface area contributed by atoms with Crippen LogP contribution >= 0.6 is 0 Å². The summed E-state index contributed by atoms with van der Waals surface area (Å²) in [5.41, 5.74) is -1.86. The number of benzene rings is 1. The van der Waals surface area contributed by atoms with E-state index in [1.54, 1.807) is 7.11 Å². The van der Waals surface area contributed by atoms with Crippen molar-refractivity contribution in [3.63, 3.8) is 0 Å². The SMILES string of the molecule is COc1ccc(CC(C)(C)C(=O)OC(C)(C)C)cc1B1OC(C(C)(C)C)(C(C)(C)C)C(C(C)(C)C)(C(C)(C)C)O1. The molecule has 0 saturated carbocycles. The first-order valence-corrected chi connectivity index (χ1v) is 14.8. The van der Waals surface area contributed by atoms with Crippen LogP contribution in [-0.2, 0) is 25.3 Å². The van der Waals surface area contributed by atoms with Crippen molar-refractivity contribution in [1.29, 1.82) is 0 Å². The molecule has 0 N–H and O–H groups in total. The number of ether oxygens (including phenoxy) is 2. The molecule has 40 heavy (non-hydrogen) atoms. The van der Waals surface area contributed by atoms with Gasteiger partial charge in [0.2, 0.25) is 0 Å². The number of methoxy groups -OCH3 is 1. The Morgan fingerprint density at radius 2 is 1.12 bits per heavy atom. The van der Waals surface area contributed by atoms with Crippen molar-refractivity contribution in [3.8, 4) is 5.75 Å². The number of esters is 1. The van der Waals surface area contributed by atoms with Crippen LogP contribution < -0.4 is 10.2 Å². The highest BCUT2D eigenvalue weighted by Gasteiger charge is 2.77. The van der Waals surface area contributed by atoms with Gasteiger partial charge in [-0.3, -0.25) is 4.79 Å². The quantitative estimate of drug-likeness (QED) is 0.271. The van der Waals surface area contributed by atoms with Crippen LogP contribution in [0.2, 0.25) is 0 Å². The maximum absolute atomic E-state index is 13.1. The third-order valence-corrected chi connectivity index (χ3v) is 8.43. The minimum atomic E-state index is -0.711. The van der Waals surface area contributed by atoms with Crippen molar-refractivity contribution in [3.05, 3.63) is 23.8 Å². The molecule has 1 saturated heterocycles. The van der Waals surface area contributed by atoms with Gasteiger partial charge in [-0.05, 0) is 74.3 Å². The minimum absolute atomic E-state index is 0.218. The normalized spacial score (nSPS) is 18.6. The molecule has 228 valence electrons. The van der Waals surface area contributed by atoms with Gasteiger partial charge in [0, 0.05) is 5.46 Å². The molecule has 0 spiro atoms. The van der Waals surface area contributed by atoms with Crippen molar-refractivity contribution in [2.45, 2.75) is 141 Å². The predicted molar refractivity (Wildman–Crippen MR) is 167 cm³/mol. The molecule has 0 aliphatic carbocycles. The standard InChI is InChI=1S/C34H59BO5/c1-27(2,3)33(28(4,5)6)34(29(7,8)9,30(10,11)12)40-35(39-33)24-21-23(19-20-25(24)37-18)22-32(16,17)26(36)38-31(13,14)15/h19-21H,22H2,1-18H3. The molecule has 1 aromatic carbocycles. The molecule has 5 nitrogen and oxygen atoms in total. The number of hydrogen-bond acceptors (Lipinski definition) is 5. The molecule has 0 atom stereocenters. The van der Waals surface area contributed by atoms with E-state index in [2.05, 4.69) is 89.2 Å². The molecule has 2 rings (SSSR count). The summed E-state index contributed by atoms with van der Waals surface area (Å²) in [4.78, 5) is 13.1. The molecular formula is C34H59BO5. The highest BCUT2D eigenvalue weighted by atomic mass is 16.7. The van der Waals surface area contributed by atoms with Gasteiger partial charge in [0.15, 0.2) is 0 Å². The van der Waals surface area contributed by atoms with Crippen molar-refractivity contribution >= 4 is 18.6 Å². The Hall–Kier alpha value is -1.53. The Balaban J connectivity index is 2.79. The lowest BCUT2D eigenvalue weighted by atomic mass is 9.44. The predicted octanol–water partition coefficient (Wildman–Crippen LogP) is 8.01. The summed E-state index contributed by atoms with van der Waals surface area (Å²) in [7, 11) is 1.02. The maximum atomic E-state index is 13.1. The Morgan fingerprint density at radius 3 is 1.45 bits per heavy atom. The zero-order chi connectivity index (χ0) is 31.5. The van der Waals surface area contributed by atoms with Crippen LogP contribution in [-0.4, -0.2) is 37.0 Å². The smallest absolute Gasteiger partial charge is 0.497 e. The van der Waals surface area contributed by atoms with E-state index in [1.807, 2.05) is 46.8 Å². The Morgan fingerprint density at radius 1 is 0.725 bits per heavy atom. The molecule has 0 radical (unpaired) electrons. The van der Waals surface area contributed by atoms with Gasteiger partial charge in [-0.1, -0.05) is 95.2 Å². The van der Waals surface area contributed by atoms with Gasteiger partial charge in [-0.2, -0.15) is 0 Å². The van der Waals surface area contributed by atoms with E-state index in [9.17, 15) is 4.79 Å². The van der Waals surface area contributed by atoms with E-state index < -0.39 is 29.3 Å². The molecule has 1 aliphatic heterocycles. The van der Waals surface area contributed by atoms with Crippen LogP contribution in [0, 0.1) is 27.1 Å². The fourth-order valence-electron chi connectivity index (χ4n) is 7.78. The van der Waals surface area contributed by atoms with Crippen LogP contribution in [0.3, 0.4) is 0 Å². The van der Waals surface area contributed by atoms with Gasteiger partial charge in [0.1, 0.15) is 11.4 Å². The summed E-state index contributed by atoms with van der Waals surface area (Å²) in [5, 5.41) is 0. The first kappa shape index (κ1) is 34.7. The van der Waals surface area contributed by atoms with Crippen molar-refractivity contribution in [1.82, 2.24) is 0 Å². The summed E-state index contributed by atoms with van der Waals surface area (Å²) in [6, 6.07) is 6.07. The lowest BCUT2D eigenvalue weighted by Gasteiger charge is -2.67. The van der Waals surface area contributed by atoms with Gasteiger partial charge in [0.25, 0.3) is 0 Å². The summed E-state index contributed by atoms with van der Waals surface area (Å²) in [5.74, 6) is 0.490. The van der Waals surface area contributed by atoms with Crippen LogP contribution in [0.1, 0.15) is 123 Å². The van der Waals surface area contributed by atoms with Crippen LogP contribution in [0.25, 0.3) is 0 Å². The van der Waals surface area contributed by atoms with Gasteiger partial charge in [-0.15, -0.1) is 0 Å². The highest BCUT2D eigenvalue weighted by molar-refractivity contribution is 6.63. The minimum Gasteiger partial charge on any atom is -0.497 e. The second-order valence-electron chi connectivity index (χ2n) is 17.6. The number of hydrogen-bond donors (Lipinski definition) is 0. The van der Waals surface area contributed by atoms with E-state index >= 15 is 0 Å². The molecule has 1 aromatic rings. The summed E-state index contributed by atoms with van der Waals surface area (Å²) in [6.45, 7) is 36.8. The molecule has 0 aromatic heterocycles. The summed E-state index contributed by atoms with van der Waals surface area (Å²) < 4.78 is 26.4. The average molecular weight is 559 g/mol. The van der Waals surface area contributed by atoms with Crippen molar-refractivity contribution < 1.29 is 23.6 Å². The Bertz CT molecular complexity index is 1000. The van der Waals surface area contributed by atoms with E-state index in [0.717, 1.165) is 11.0 Å². The first-order valence-electron chi connectivity index (χ1n) is 14.8. The average Bonchev–Trinajstić information content (AvgIpc) is 3.11. The first-order chi connectivity index (χ1) is 17.6. The van der Waals surface area contributed by atoms with Gasteiger partial charge in [0.05, 0.1) is 23.7 Å². The second kappa shape index (κ2) is 10.3. The number of rotatable bonds is 5. The highest BCUT2D eigenvalue weighted by Crippen LogP contribution is 2.68. The Labute approximate surface area is 246 Å². The van der Waals surface area contributed by atoms with Crippen LogP contribution in [0.5, 0.6) is 5.75 Å². The van der Waals surface area contributed by atoms with Crippen molar-refractivity contribution in [2.24, 2.45) is 27.1 Å². The molecule has 1 heterocycles. The Kier molecular flexibility index (Phi) is 8.95. The molecule has 0 amide bonds. The molecule has 0 unspecified atom stereocenters. The van der Waals surface area contributed by atoms with Gasteiger partial charge in [-0.25, -0.2) is 0 Å². The molecule has 1 fully saturated rings. The van der Waals surface area contributed by atoms with E-state index in [0.29, 0.717) is 12.2 Å². The fraction of sp³-hybridized carbons (Fsp3) is 0.794. The van der Waals surface area contributed by atoms with Gasteiger partial charge >= 0.3 is 13.1 Å². The molecule has 1 aliphatic rings. The van der Waals surface area contributed by atoms with Gasteiger partial charge < -0.3 is 18.8 Å².